The SMILES string of the molecule is CCOCCCN=C(NCCc1ccco1)NC1CCc2nc(COC)nn2C1.I. The zero-order valence-electron chi connectivity index (χ0n) is 17.8. The van der Waals surface area contributed by atoms with Gasteiger partial charge >= 0.3 is 0 Å². The smallest absolute Gasteiger partial charge is 0.191 e. The van der Waals surface area contributed by atoms with E-state index in [1.54, 1.807) is 13.4 Å². The van der Waals surface area contributed by atoms with Gasteiger partial charge in [0, 0.05) is 52.3 Å². The zero-order chi connectivity index (χ0) is 20.3. The molecule has 0 saturated carbocycles. The van der Waals surface area contributed by atoms with Crippen molar-refractivity contribution in [1.82, 2.24) is 25.4 Å². The molecule has 0 radical (unpaired) electrons. The van der Waals surface area contributed by atoms with Crippen LogP contribution in [0.4, 0.5) is 0 Å². The third-order valence-corrected chi connectivity index (χ3v) is 4.68. The number of furan rings is 1. The van der Waals surface area contributed by atoms with Crippen LogP contribution in [-0.4, -0.2) is 60.2 Å². The summed E-state index contributed by atoms with van der Waals surface area (Å²) in [5.74, 6) is 3.54. The summed E-state index contributed by atoms with van der Waals surface area (Å²) in [4.78, 5) is 9.26. The van der Waals surface area contributed by atoms with E-state index in [9.17, 15) is 0 Å². The van der Waals surface area contributed by atoms with Crippen LogP contribution in [0.15, 0.2) is 27.8 Å². The minimum Gasteiger partial charge on any atom is -0.469 e. The molecule has 1 atom stereocenters. The third kappa shape index (κ3) is 7.88. The van der Waals surface area contributed by atoms with Gasteiger partial charge in [-0.25, -0.2) is 9.67 Å². The van der Waals surface area contributed by atoms with E-state index in [1.807, 2.05) is 23.7 Å². The first-order valence-corrected chi connectivity index (χ1v) is 10.3. The van der Waals surface area contributed by atoms with Crippen molar-refractivity contribution in [3.8, 4) is 0 Å². The van der Waals surface area contributed by atoms with Gasteiger partial charge in [-0.05, 0) is 31.9 Å². The summed E-state index contributed by atoms with van der Waals surface area (Å²) >= 11 is 0. The van der Waals surface area contributed by atoms with Crippen LogP contribution in [0.3, 0.4) is 0 Å². The Balaban J connectivity index is 0.00000320. The number of nitrogens with zero attached hydrogens (tertiary/aromatic N) is 4. The summed E-state index contributed by atoms with van der Waals surface area (Å²) in [5.41, 5.74) is 0. The van der Waals surface area contributed by atoms with Crippen molar-refractivity contribution >= 4 is 29.9 Å². The molecule has 9 nitrogen and oxygen atoms in total. The first-order chi connectivity index (χ1) is 14.3. The predicted molar refractivity (Wildman–Crippen MR) is 125 cm³/mol. The van der Waals surface area contributed by atoms with E-state index in [4.69, 9.17) is 18.9 Å². The molecule has 2 aromatic rings. The fraction of sp³-hybridized carbons (Fsp3) is 0.650. The maximum atomic E-state index is 5.41. The van der Waals surface area contributed by atoms with Crippen LogP contribution in [0.2, 0.25) is 0 Å². The van der Waals surface area contributed by atoms with Gasteiger partial charge in [-0.1, -0.05) is 0 Å². The Bertz CT molecular complexity index is 750. The molecule has 0 fully saturated rings. The van der Waals surface area contributed by atoms with Gasteiger partial charge < -0.3 is 24.5 Å². The third-order valence-electron chi connectivity index (χ3n) is 4.68. The molecular formula is C20H33IN6O3. The first kappa shape index (κ1) is 24.6. The number of hydrogen-bond donors (Lipinski definition) is 2. The number of aromatic nitrogens is 3. The number of hydrogen-bond acceptors (Lipinski definition) is 6. The molecule has 1 aliphatic heterocycles. The van der Waals surface area contributed by atoms with Crippen LogP contribution < -0.4 is 10.6 Å². The lowest BCUT2D eigenvalue weighted by molar-refractivity contribution is 0.146. The van der Waals surface area contributed by atoms with Crippen molar-refractivity contribution in [1.29, 1.82) is 0 Å². The molecule has 0 aromatic carbocycles. The van der Waals surface area contributed by atoms with Crippen molar-refractivity contribution < 1.29 is 13.9 Å². The highest BCUT2D eigenvalue weighted by atomic mass is 127. The Morgan fingerprint density at radius 3 is 3.10 bits per heavy atom. The molecule has 0 aliphatic carbocycles. The summed E-state index contributed by atoms with van der Waals surface area (Å²) in [6.45, 7) is 6.16. The highest BCUT2D eigenvalue weighted by Crippen LogP contribution is 2.13. The van der Waals surface area contributed by atoms with Crippen molar-refractivity contribution in [2.75, 3.05) is 33.4 Å². The zero-order valence-corrected chi connectivity index (χ0v) is 20.1. The fourth-order valence-electron chi connectivity index (χ4n) is 3.28. The maximum Gasteiger partial charge on any atom is 0.191 e. The molecule has 0 saturated heterocycles. The minimum absolute atomic E-state index is 0. The topological polar surface area (TPSA) is 98.7 Å². The van der Waals surface area contributed by atoms with Gasteiger partial charge in [0.05, 0.1) is 12.8 Å². The van der Waals surface area contributed by atoms with Crippen LogP contribution in [0, 0.1) is 0 Å². The minimum atomic E-state index is 0. The largest absolute Gasteiger partial charge is 0.469 e. The molecule has 10 heteroatoms. The van der Waals surface area contributed by atoms with Gasteiger partial charge in [-0.2, -0.15) is 5.10 Å². The second kappa shape index (κ2) is 13.6. The van der Waals surface area contributed by atoms with Gasteiger partial charge in [0.1, 0.15) is 18.2 Å². The van der Waals surface area contributed by atoms with Gasteiger partial charge in [0.25, 0.3) is 0 Å². The standard InChI is InChI=1S/C20H32N6O3.HI/c1-3-28-12-5-10-21-20(22-11-9-17-6-4-13-29-17)23-16-7-8-19-24-18(15-27-2)25-26(19)14-16;/h4,6,13,16H,3,5,7-12,14-15H2,1-2H3,(H2,21,22,23);1H. The summed E-state index contributed by atoms with van der Waals surface area (Å²) in [5, 5.41) is 11.5. The van der Waals surface area contributed by atoms with Crippen LogP contribution >= 0.6 is 24.0 Å². The highest BCUT2D eigenvalue weighted by molar-refractivity contribution is 14.0. The summed E-state index contributed by atoms with van der Waals surface area (Å²) in [6.07, 6.45) is 5.29. The number of halogens is 1. The molecule has 168 valence electrons. The maximum absolute atomic E-state index is 5.41. The summed E-state index contributed by atoms with van der Waals surface area (Å²) in [7, 11) is 1.66. The second-order valence-corrected chi connectivity index (χ2v) is 6.98. The number of ether oxygens (including phenoxy) is 2. The van der Waals surface area contributed by atoms with E-state index in [2.05, 4.69) is 20.7 Å². The molecule has 30 heavy (non-hydrogen) atoms. The van der Waals surface area contributed by atoms with Crippen molar-refractivity contribution in [2.45, 2.75) is 51.8 Å². The van der Waals surface area contributed by atoms with E-state index < -0.39 is 0 Å². The molecule has 0 bridgehead atoms. The Hall–Kier alpha value is -1.66. The highest BCUT2D eigenvalue weighted by Gasteiger charge is 2.22. The van der Waals surface area contributed by atoms with Crippen LogP contribution in [0.5, 0.6) is 0 Å². The Kier molecular flexibility index (Phi) is 11.2. The summed E-state index contributed by atoms with van der Waals surface area (Å²) < 4.78 is 17.9. The molecule has 0 amide bonds. The number of aryl methyl sites for hydroxylation is 1. The second-order valence-electron chi connectivity index (χ2n) is 6.98. The van der Waals surface area contributed by atoms with Crippen molar-refractivity contribution in [3.63, 3.8) is 0 Å². The van der Waals surface area contributed by atoms with Gasteiger partial charge in [-0.15, -0.1) is 24.0 Å². The number of aliphatic imine (C=N–C) groups is 1. The number of guanidine groups is 1. The van der Waals surface area contributed by atoms with Crippen LogP contribution in [-0.2, 0) is 35.5 Å². The average molecular weight is 532 g/mol. The van der Waals surface area contributed by atoms with E-state index in [-0.39, 0.29) is 30.0 Å². The van der Waals surface area contributed by atoms with Gasteiger partial charge in [0.2, 0.25) is 0 Å². The van der Waals surface area contributed by atoms with Crippen molar-refractivity contribution in [3.05, 3.63) is 35.8 Å². The molecule has 1 aliphatic rings. The van der Waals surface area contributed by atoms with Gasteiger partial charge in [-0.3, -0.25) is 4.99 Å². The van der Waals surface area contributed by atoms with Crippen molar-refractivity contribution in [2.24, 2.45) is 4.99 Å². The number of nitrogens with one attached hydrogen (secondary N) is 2. The molecular weight excluding hydrogens is 499 g/mol. The molecule has 0 spiro atoms. The number of rotatable bonds is 11. The predicted octanol–water partition coefficient (Wildman–Crippen LogP) is 2.15. The van der Waals surface area contributed by atoms with Crippen LogP contribution in [0.1, 0.15) is 37.2 Å². The quantitative estimate of drug-likeness (QED) is 0.198. The molecule has 2 N–H and O–H groups in total. The molecule has 3 rings (SSSR count). The molecule has 1 unspecified atom stereocenters. The van der Waals surface area contributed by atoms with E-state index in [0.717, 1.165) is 81.9 Å². The van der Waals surface area contributed by atoms with Crippen LogP contribution in [0.25, 0.3) is 0 Å². The Morgan fingerprint density at radius 2 is 2.33 bits per heavy atom. The van der Waals surface area contributed by atoms with E-state index in [1.165, 1.54) is 0 Å². The summed E-state index contributed by atoms with van der Waals surface area (Å²) in [6, 6.07) is 4.14. The van der Waals surface area contributed by atoms with Gasteiger partial charge in [0.15, 0.2) is 11.8 Å². The Labute approximate surface area is 195 Å². The molecule has 3 heterocycles. The normalized spacial score (nSPS) is 16.1. The number of methoxy groups -OCH3 is 1. The Morgan fingerprint density at radius 1 is 1.43 bits per heavy atom. The monoisotopic (exact) mass is 532 g/mol. The van der Waals surface area contributed by atoms with E-state index in [0.29, 0.717) is 6.61 Å². The number of fused-ring (bicyclic) bond motifs is 1. The lowest BCUT2D eigenvalue weighted by atomic mass is 10.1. The molecule has 2 aromatic heterocycles. The first-order valence-electron chi connectivity index (χ1n) is 10.3. The fourth-order valence-corrected chi connectivity index (χ4v) is 3.28. The average Bonchev–Trinajstić information content (AvgIpc) is 3.37. The lowest BCUT2D eigenvalue weighted by Gasteiger charge is -2.25. The lowest BCUT2D eigenvalue weighted by Crippen LogP contribution is -2.47. The van der Waals surface area contributed by atoms with E-state index >= 15 is 0 Å².